The number of carbonyl (C=O) groups excluding carboxylic acids is 1. The van der Waals surface area contributed by atoms with E-state index >= 15 is 0 Å². The van der Waals surface area contributed by atoms with Crippen molar-refractivity contribution in [1.82, 2.24) is 0 Å². The minimum atomic E-state index is -0.0291. The van der Waals surface area contributed by atoms with Crippen molar-refractivity contribution in [2.24, 2.45) is 5.73 Å². The summed E-state index contributed by atoms with van der Waals surface area (Å²) in [5, 5.41) is 0. The predicted molar refractivity (Wildman–Crippen MR) is 80.1 cm³/mol. The fourth-order valence-corrected chi connectivity index (χ4v) is 2.06. The molecule has 0 aliphatic heterocycles. The Hall–Kier alpha value is -2.13. The van der Waals surface area contributed by atoms with Crippen LogP contribution in [-0.2, 0) is 0 Å². The highest BCUT2D eigenvalue weighted by atomic mass is 16.5. The minimum Gasteiger partial charge on any atom is -0.497 e. The Labute approximate surface area is 119 Å². The van der Waals surface area contributed by atoms with Crippen LogP contribution in [0.15, 0.2) is 48.5 Å². The molecular formula is C17H19NO2. The van der Waals surface area contributed by atoms with E-state index in [2.05, 4.69) is 0 Å². The number of hydrogen-bond donors (Lipinski definition) is 1. The molecule has 1 atom stereocenters. The lowest BCUT2D eigenvalue weighted by atomic mass is 9.98. The van der Waals surface area contributed by atoms with Crippen LogP contribution < -0.4 is 10.5 Å². The fraction of sp³-hybridized carbons (Fsp3) is 0.235. The van der Waals surface area contributed by atoms with Crippen molar-refractivity contribution < 1.29 is 9.53 Å². The zero-order valence-electron chi connectivity index (χ0n) is 11.8. The van der Waals surface area contributed by atoms with Crippen LogP contribution in [0.3, 0.4) is 0 Å². The van der Waals surface area contributed by atoms with Crippen LogP contribution in [0, 0.1) is 0 Å². The average Bonchev–Trinajstić information content (AvgIpc) is 2.53. The maximum absolute atomic E-state index is 12.4. The monoisotopic (exact) mass is 269 g/mol. The Morgan fingerprint density at radius 1 is 1.15 bits per heavy atom. The van der Waals surface area contributed by atoms with Crippen LogP contribution in [0.25, 0.3) is 0 Å². The lowest BCUT2D eigenvalue weighted by Gasteiger charge is -2.10. The largest absolute Gasteiger partial charge is 0.497 e. The van der Waals surface area contributed by atoms with Gasteiger partial charge in [0.25, 0.3) is 0 Å². The van der Waals surface area contributed by atoms with Crippen molar-refractivity contribution in [3.05, 3.63) is 65.2 Å². The summed E-state index contributed by atoms with van der Waals surface area (Å²) in [6, 6.07) is 14.6. The molecule has 1 unspecified atom stereocenters. The van der Waals surface area contributed by atoms with E-state index in [1.165, 1.54) is 0 Å². The number of hydrogen-bond acceptors (Lipinski definition) is 3. The third-order valence-electron chi connectivity index (χ3n) is 3.37. The van der Waals surface area contributed by atoms with Gasteiger partial charge in [-0.3, -0.25) is 4.79 Å². The SMILES string of the molecule is CCC(N)c1cccc(C(=O)c2ccc(OC)cc2)c1. The fourth-order valence-electron chi connectivity index (χ4n) is 2.06. The van der Waals surface area contributed by atoms with E-state index in [-0.39, 0.29) is 11.8 Å². The second-order valence-electron chi connectivity index (χ2n) is 4.70. The summed E-state index contributed by atoms with van der Waals surface area (Å²) in [5.74, 6) is 0.737. The van der Waals surface area contributed by atoms with E-state index in [1.54, 1.807) is 31.4 Å². The Morgan fingerprint density at radius 3 is 2.45 bits per heavy atom. The van der Waals surface area contributed by atoms with Crippen molar-refractivity contribution in [3.8, 4) is 5.75 Å². The van der Waals surface area contributed by atoms with E-state index in [0.29, 0.717) is 11.1 Å². The lowest BCUT2D eigenvalue weighted by Crippen LogP contribution is -2.10. The molecule has 104 valence electrons. The molecule has 3 nitrogen and oxygen atoms in total. The van der Waals surface area contributed by atoms with Gasteiger partial charge in [0.15, 0.2) is 5.78 Å². The van der Waals surface area contributed by atoms with Crippen molar-refractivity contribution in [3.63, 3.8) is 0 Å². The third-order valence-corrected chi connectivity index (χ3v) is 3.37. The van der Waals surface area contributed by atoms with E-state index in [4.69, 9.17) is 10.5 Å². The smallest absolute Gasteiger partial charge is 0.193 e. The molecule has 0 aromatic heterocycles. The average molecular weight is 269 g/mol. The summed E-state index contributed by atoms with van der Waals surface area (Å²) in [5.41, 5.74) is 8.31. The molecule has 2 aromatic carbocycles. The van der Waals surface area contributed by atoms with E-state index in [0.717, 1.165) is 17.7 Å². The van der Waals surface area contributed by atoms with E-state index in [1.807, 2.05) is 31.2 Å². The topological polar surface area (TPSA) is 52.3 Å². The number of carbonyl (C=O) groups is 1. The minimum absolute atomic E-state index is 0.00203. The van der Waals surface area contributed by atoms with Crippen LogP contribution in [0.1, 0.15) is 40.9 Å². The zero-order valence-corrected chi connectivity index (χ0v) is 11.8. The Morgan fingerprint density at radius 2 is 1.85 bits per heavy atom. The second kappa shape index (κ2) is 6.35. The maximum atomic E-state index is 12.4. The summed E-state index contributed by atoms with van der Waals surface area (Å²) < 4.78 is 5.09. The molecule has 0 aliphatic rings. The molecule has 0 fully saturated rings. The number of ketones is 1. The van der Waals surface area contributed by atoms with Gasteiger partial charge in [-0.15, -0.1) is 0 Å². The Kier molecular flexibility index (Phi) is 4.53. The van der Waals surface area contributed by atoms with Gasteiger partial charge in [-0.2, -0.15) is 0 Å². The summed E-state index contributed by atoms with van der Waals surface area (Å²) in [6.45, 7) is 2.03. The van der Waals surface area contributed by atoms with Crippen molar-refractivity contribution in [2.75, 3.05) is 7.11 Å². The Balaban J connectivity index is 2.28. The standard InChI is InChI=1S/C17H19NO2/c1-3-16(18)13-5-4-6-14(11-13)17(19)12-7-9-15(20-2)10-8-12/h4-11,16H,3,18H2,1-2H3. The number of methoxy groups -OCH3 is 1. The quantitative estimate of drug-likeness (QED) is 0.847. The van der Waals surface area contributed by atoms with Crippen molar-refractivity contribution in [1.29, 1.82) is 0 Å². The molecular weight excluding hydrogens is 250 g/mol. The van der Waals surface area contributed by atoms with Gasteiger partial charge in [-0.1, -0.05) is 25.1 Å². The highest BCUT2D eigenvalue weighted by molar-refractivity contribution is 6.09. The van der Waals surface area contributed by atoms with E-state index < -0.39 is 0 Å². The Bertz CT molecular complexity index is 590. The molecule has 0 saturated carbocycles. The van der Waals surface area contributed by atoms with Gasteiger partial charge in [-0.25, -0.2) is 0 Å². The number of ether oxygens (including phenoxy) is 1. The van der Waals surface area contributed by atoms with Crippen LogP contribution >= 0.6 is 0 Å². The van der Waals surface area contributed by atoms with Crippen LogP contribution in [0.2, 0.25) is 0 Å². The van der Waals surface area contributed by atoms with Crippen LogP contribution in [-0.4, -0.2) is 12.9 Å². The highest BCUT2D eigenvalue weighted by Crippen LogP contribution is 2.19. The molecule has 2 rings (SSSR count). The van der Waals surface area contributed by atoms with Gasteiger partial charge in [-0.05, 0) is 42.3 Å². The maximum Gasteiger partial charge on any atom is 0.193 e. The normalized spacial score (nSPS) is 11.9. The van der Waals surface area contributed by atoms with Gasteiger partial charge in [0, 0.05) is 17.2 Å². The van der Waals surface area contributed by atoms with Gasteiger partial charge in [0.2, 0.25) is 0 Å². The zero-order chi connectivity index (χ0) is 14.5. The molecule has 0 bridgehead atoms. The summed E-state index contributed by atoms with van der Waals surface area (Å²) >= 11 is 0. The molecule has 3 heteroatoms. The summed E-state index contributed by atoms with van der Waals surface area (Å²) in [7, 11) is 1.60. The lowest BCUT2D eigenvalue weighted by molar-refractivity contribution is 0.103. The van der Waals surface area contributed by atoms with Gasteiger partial charge in [0.05, 0.1) is 7.11 Å². The van der Waals surface area contributed by atoms with Gasteiger partial charge < -0.3 is 10.5 Å². The molecule has 0 spiro atoms. The van der Waals surface area contributed by atoms with Crippen molar-refractivity contribution >= 4 is 5.78 Å². The van der Waals surface area contributed by atoms with E-state index in [9.17, 15) is 4.79 Å². The molecule has 20 heavy (non-hydrogen) atoms. The first-order valence-corrected chi connectivity index (χ1v) is 6.70. The van der Waals surface area contributed by atoms with Crippen LogP contribution in [0.5, 0.6) is 5.75 Å². The molecule has 0 amide bonds. The molecule has 2 N–H and O–H groups in total. The number of rotatable bonds is 5. The first-order valence-electron chi connectivity index (χ1n) is 6.70. The molecule has 2 aromatic rings. The summed E-state index contributed by atoms with van der Waals surface area (Å²) in [4.78, 5) is 12.4. The molecule has 0 heterocycles. The first-order chi connectivity index (χ1) is 9.65. The van der Waals surface area contributed by atoms with Gasteiger partial charge in [0.1, 0.15) is 5.75 Å². The first kappa shape index (κ1) is 14.3. The van der Waals surface area contributed by atoms with Crippen LogP contribution in [0.4, 0.5) is 0 Å². The number of nitrogens with two attached hydrogens (primary N) is 1. The second-order valence-corrected chi connectivity index (χ2v) is 4.70. The molecule has 0 radical (unpaired) electrons. The highest BCUT2D eigenvalue weighted by Gasteiger charge is 2.11. The predicted octanol–water partition coefficient (Wildman–Crippen LogP) is 3.34. The number of benzene rings is 2. The van der Waals surface area contributed by atoms with Crippen molar-refractivity contribution in [2.45, 2.75) is 19.4 Å². The third kappa shape index (κ3) is 3.06. The van der Waals surface area contributed by atoms with Gasteiger partial charge >= 0.3 is 0 Å². The summed E-state index contributed by atoms with van der Waals surface area (Å²) in [6.07, 6.45) is 0.847. The molecule has 0 saturated heterocycles. The molecule has 0 aliphatic carbocycles.